The second-order valence-corrected chi connectivity index (χ2v) is 17.9. The van der Waals surface area contributed by atoms with E-state index in [1.165, 1.54) is 55.9 Å². The number of benzene rings is 5. The first-order valence-corrected chi connectivity index (χ1v) is 18.8. The monoisotopic (exact) mass is 590 g/mol. The van der Waals surface area contributed by atoms with Gasteiger partial charge >= 0.3 is 0 Å². The molecular weight excluding hydrogens is 551 g/mol. The average Bonchev–Trinajstić information content (AvgIpc) is 3.42. The third kappa shape index (κ3) is 3.96. The van der Waals surface area contributed by atoms with Crippen molar-refractivity contribution in [2.45, 2.75) is 59.5 Å². The number of fused-ring (bicyclic) bond motifs is 5. The fourth-order valence-corrected chi connectivity index (χ4v) is 11.4. The number of para-hydroxylation sites is 2. The van der Waals surface area contributed by atoms with E-state index in [2.05, 4.69) is 142 Å². The molecule has 5 aromatic carbocycles. The molecule has 2 heterocycles. The van der Waals surface area contributed by atoms with Crippen molar-refractivity contribution in [1.82, 2.24) is 4.57 Å². The summed E-state index contributed by atoms with van der Waals surface area (Å²) in [6, 6.07) is 31.1. The van der Waals surface area contributed by atoms with Gasteiger partial charge < -0.3 is 0 Å². The highest BCUT2D eigenvalue weighted by Crippen LogP contribution is 2.42. The summed E-state index contributed by atoms with van der Waals surface area (Å²) in [4.78, 5) is 3.73. The van der Waals surface area contributed by atoms with Crippen LogP contribution in [-0.2, 0) is 7.05 Å². The van der Waals surface area contributed by atoms with E-state index in [9.17, 15) is 0 Å². The maximum absolute atomic E-state index is 7.62. The van der Waals surface area contributed by atoms with Gasteiger partial charge in [0.2, 0.25) is 0 Å². The van der Waals surface area contributed by atoms with Crippen molar-refractivity contribution in [3.05, 3.63) is 113 Å². The highest BCUT2D eigenvalue weighted by Gasteiger charge is 2.43. The van der Waals surface area contributed by atoms with Crippen LogP contribution in [0.5, 0.6) is 0 Å². The first-order valence-electron chi connectivity index (χ1n) is 15.8. The van der Waals surface area contributed by atoms with E-state index in [0.29, 0.717) is 17.5 Å². The van der Waals surface area contributed by atoms with Crippen molar-refractivity contribution >= 4 is 45.9 Å². The Morgan fingerprint density at radius 3 is 2.23 bits per heavy atom. The Bertz CT molecular complexity index is 2190. The van der Waals surface area contributed by atoms with Gasteiger partial charge in [0, 0.05) is 11.1 Å². The summed E-state index contributed by atoms with van der Waals surface area (Å²) in [6.45, 7) is 24.4. The lowest BCUT2D eigenvalue weighted by molar-refractivity contribution is -0.633. The maximum atomic E-state index is 7.62. The molecule has 0 aliphatic carbocycles. The molecule has 6 aromatic rings. The van der Waals surface area contributed by atoms with Crippen LogP contribution in [-0.4, -0.2) is 12.6 Å². The molecule has 0 N–H and O–H groups in total. The predicted molar refractivity (Wildman–Crippen MR) is 189 cm³/mol. The second-order valence-electron chi connectivity index (χ2n) is 13.6. The fraction of sp³-hybridized carbons (Fsp3) is 0.250. The molecule has 0 atom stereocenters. The topological polar surface area (TPSA) is 13.2 Å². The average molecular weight is 591 g/mol. The Morgan fingerprint density at radius 2 is 1.50 bits per heavy atom. The third-order valence-electron chi connectivity index (χ3n) is 9.86. The molecule has 0 bridgehead atoms. The molecule has 1 aliphatic rings. The Balaban J connectivity index is 1.67. The second kappa shape index (κ2) is 10.0. The van der Waals surface area contributed by atoms with E-state index in [1.54, 1.807) is 10.4 Å². The van der Waals surface area contributed by atoms with E-state index < -0.39 is 8.07 Å². The quantitative estimate of drug-likeness (QED) is 0.110. The Labute approximate surface area is 262 Å². The van der Waals surface area contributed by atoms with Gasteiger partial charge in [-0.1, -0.05) is 95.4 Å². The normalized spacial score (nSPS) is 13.6. The highest BCUT2D eigenvalue weighted by molar-refractivity contribution is 7.04. The molecule has 0 fully saturated rings. The molecule has 7 rings (SSSR count). The number of hydrogen-bond acceptors (Lipinski definition) is 0. The molecule has 0 unspecified atom stereocenters. The van der Waals surface area contributed by atoms with Gasteiger partial charge in [0.25, 0.3) is 5.82 Å². The van der Waals surface area contributed by atoms with Gasteiger partial charge in [0.15, 0.2) is 16.7 Å². The summed E-state index contributed by atoms with van der Waals surface area (Å²) in [5.41, 5.74) is 12.6. The van der Waals surface area contributed by atoms with Crippen LogP contribution >= 0.6 is 0 Å². The van der Waals surface area contributed by atoms with Crippen LogP contribution in [0.25, 0.3) is 54.9 Å². The minimum atomic E-state index is -1.97. The molecule has 0 saturated carbocycles. The van der Waals surface area contributed by atoms with E-state index in [4.69, 9.17) is 6.57 Å². The third-order valence-corrected chi connectivity index (χ3v) is 13.4. The Kier molecular flexibility index (Phi) is 6.46. The number of nitrogens with zero attached hydrogens (tertiary/aromatic N) is 3. The van der Waals surface area contributed by atoms with Gasteiger partial charge in [-0.25, -0.2) is 9.41 Å². The summed E-state index contributed by atoms with van der Waals surface area (Å²) >= 11 is 0. The molecule has 1 aliphatic heterocycles. The number of hydrogen-bond donors (Lipinski definition) is 0. The predicted octanol–water partition coefficient (Wildman–Crippen LogP) is 9.18. The summed E-state index contributed by atoms with van der Waals surface area (Å²) in [5.74, 6) is 1.86. The summed E-state index contributed by atoms with van der Waals surface area (Å²) < 4.78 is 4.96. The number of aromatic nitrogens is 2. The molecule has 0 radical (unpaired) electrons. The first kappa shape index (κ1) is 28.3. The van der Waals surface area contributed by atoms with Crippen molar-refractivity contribution in [3.8, 4) is 28.2 Å². The zero-order valence-electron chi connectivity index (χ0n) is 27.1. The van der Waals surface area contributed by atoms with Gasteiger partial charge in [-0.05, 0) is 86.9 Å². The van der Waals surface area contributed by atoms with Gasteiger partial charge in [0.05, 0.1) is 19.2 Å². The van der Waals surface area contributed by atoms with Crippen LogP contribution in [0.4, 0.5) is 5.69 Å². The van der Waals surface area contributed by atoms with Gasteiger partial charge in [0.1, 0.15) is 13.8 Å². The number of rotatable bonds is 4. The van der Waals surface area contributed by atoms with Gasteiger partial charge in [-0.2, -0.15) is 4.57 Å². The zero-order valence-corrected chi connectivity index (χ0v) is 28.1. The Hall–Kier alpha value is -4.46. The first-order chi connectivity index (χ1) is 21.0. The van der Waals surface area contributed by atoms with Gasteiger partial charge in [-0.3, -0.25) is 0 Å². The minimum Gasteiger partial charge on any atom is -0.238 e. The van der Waals surface area contributed by atoms with Crippen LogP contribution in [0.15, 0.2) is 84.9 Å². The molecule has 4 heteroatoms. The van der Waals surface area contributed by atoms with Crippen LogP contribution in [0.3, 0.4) is 0 Å². The van der Waals surface area contributed by atoms with Crippen LogP contribution in [0, 0.1) is 13.5 Å². The SMILES string of the molecule is [C-]#[N+]c1ccc2cc(C)c(-c3n(-c4c(C(C)C)cc5c(c4C(C)C)[Si](C)(C)c4ccccc4-5)c4ccccc4[n+]3C)cc2c1. The van der Waals surface area contributed by atoms with E-state index >= 15 is 0 Å². The maximum Gasteiger partial charge on any atom is 0.295 e. The van der Waals surface area contributed by atoms with Crippen molar-refractivity contribution in [3.63, 3.8) is 0 Å². The summed E-state index contributed by atoms with van der Waals surface area (Å²) in [6.07, 6.45) is 0. The van der Waals surface area contributed by atoms with Crippen molar-refractivity contribution in [2.75, 3.05) is 0 Å². The zero-order chi connectivity index (χ0) is 31.1. The molecule has 3 nitrogen and oxygen atoms in total. The largest absolute Gasteiger partial charge is 0.295 e. The molecule has 218 valence electrons. The Morgan fingerprint density at radius 1 is 0.773 bits per heavy atom. The minimum absolute atomic E-state index is 0.337. The van der Waals surface area contributed by atoms with E-state index in [1.807, 2.05) is 12.1 Å². The van der Waals surface area contributed by atoms with Crippen molar-refractivity contribution in [1.29, 1.82) is 0 Å². The van der Waals surface area contributed by atoms with Crippen molar-refractivity contribution < 1.29 is 4.57 Å². The summed E-state index contributed by atoms with van der Waals surface area (Å²) in [5, 5.41) is 5.41. The van der Waals surface area contributed by atoms with E-state index in [-0.39, 0.29) is 0 Å². The number of aryl methyl sites for hydroxylation is 2. The molecule has 0 amide bonds. The van der Waals surface area contributed by atoms with Gasteiger partial charge in [-0.15, -0.1) is 0 Å². The fourth-order valence-electron chi connectivity index (χ4n) is 7.80. The molecule has 44 heavy (non-hydrogen) atoms. The smallest absolute Gasteiger partial charge is 0.238 e. The van der Waals surface area contributed by atoms with Crippen molar-refractivity contribution in [2.24, 2.45) is 7.05 Å². The molecular formula is C40H40N3Si+. The molecule has 0 spiro atoms. The standard InChI is InChI=1S/C40H40N3Si/c1-24(2)31-23-33-30-14-10-13-17-36(30)44(8,9)39(33)37(25(3)4)38(31)43-35-16-12-11-15-34(35)42(7)40(43)32-22-28-21-29(41-6)19-18-27(28)20-26(32)5/h10-25H,1-5,7-9H3/q+1. The molecule has 0 saturated heterocycles. The highest BCUT2D eigenvalue weighted by atomic mass is 28.3. The molecule has 1 aromatic heterocycles. The lowest BCUT2D eigenvalue weighted by Gasteiger charge is -2.28. The number of imidazole rings is 1. The van der Waals surface area contributed by atoms with E-state index in [0.717, 1.165) is 10.8 Å². The lowest BCUT2D eigenvalue weighted by atomic mass is 9.88. The van der Waals surface area contributed by atoms with Crippen LogP contribution in [0.2, 0.25) is 13.1 Å². The van der Waals surface area contributed by atoms with Crippen LogP contribution in [0.1, 0.15) is 56.2 Å². The summed E-state index contributed by atoms with van der Waals surface area (Å²) in [7, 11) is 0.234. The lowest BCUT2D eigenvalue weighted by Crippen LogP contribution is -2.51. The van der Waals surface area contributed by atoms with Crippen LogP contribution < -0.4 is 14.9 Å².